The lowest BCUT2D eigenvalue weighted by atomic mass is 9.99. The molecule has 0 bridgehead atoms. The first kappa shape index (κ1) is 6.92. The smallest absolute Gasteiger partial charge is 0.158 e. The zero-order valence-electron chi connectivity index (χ0n) is 6.17. The number of hydrogen-bond donors (Lipinski definition) is 0. The van der Waals surface area contributed by atoms with E-state index in [4.69, 9.17) is 16.4 Å². The van der Waals surface area contributed by atoms with E-state index in [0.717, 1.165) is 22.7 Å². The third-order valence-electron chi connectivity index (χ3n) is 1.90. The lowest BCUT2D eigenvalue weighted by Crippen LogP contribution is -2.12. The quantitative estimate of drug-likeness (QED) is 0.545. The fourth-order valence-electron chi connectivity index (χ4n) is 1.28. The average molecular weight is 170 g/mol. The summed E-state index contributed by atoms with van der Waals surface area (Å²) in [5.74, 6) is 0. The third kappa shape index (κ3) is 1.07. The van der Waals surface area contributed by atoms with E-state index in [1.54, 1.807) is 0 Å². The van der Waals surface area contributed by atoms with Crippen LogP contribution in [0.4, 0.5) is 0 Å². The van der Waals surface area contributed by atoms with Gasteiger partial charge in [-0.3, -0.25) is 0 Å². The molecule has 0 amide bonds. The molecule has 58 valence electrons. The van der Waals surface area contributed by atoms with Gasteiger partial charge in [-0.1, -0.05) is 22.8 Å². The molecule has 1 atom stereocenters. The van der Waals surface area contributed by atoms with Crippen LogP contribution in [0.2, 0.25) is 0 Å². The van der Waals surface area contributed by atoms with Gasteiger partial charge in [0.05, 0.1) is 5.71 Å². The maximum Gasteiger partial charge on any atom is 0.158 e. The Labute approximate surface area is 70.2 Å². The zero-order valence-corrected chi connectivity index (χ0v) is 6.93. The molecule has 2 aliphatic rings. The second-order valence-electron chi connectivity index (χ2n) is 2.70. The first-order valence-electron chi connectivity index (χ1n) is 3.55. The van der Waals surface area contributed by atoms with Crippen LogP contribution in [0, 0.1) is 0 Å². The Morgan fingerprint density at radius 3 is 3.36 bits per heavy atom. The second kappa shape index (κ2) is 2.38. The Kier molecular flexibility index (Phi) is 1.50. The van der Waals surface area contributed by atoms with Crippen molar-refractivity contribution in [3.05, 3.63) is 22.8 Å². The Bertz CT molecular complexity index is 278. The van der Waals surface area contributed by atoms with Gasteiger partial charge in [-0.2, -0.15) is 0 Å². The molecule has 0 saturated heterocycles. The summed E-state index contributed by atoms with van der Waals surface area (Å²) in [7, 11) is 0. The van der Waals surface area contributed by atoms with Gasteiger partial charge in [-0.25, -0.2) is 0 Å². The van der Waals surface area contributed by atoms with Gasteiger partial charge in [-0.05, 0) is 13.0 Å². The number of rotatable bonds is 0. The van der Waals surface area contributed by atoms with Crippen molar-refractivity contribution in [2.45, 2.75) is 19.4 Å². The van der Waals surface area contributed by atoms with Crippen molar-refractivity contribution in [2.24, 2.45) is 5.16 Å². The summed E-state index contributed by atoms with van der Waals surface area (Å²) in [4.78, 5) is 5.13. The van der Waals surface area contributed by atoms with Crippen molar-refractivity contribution in [1.82, 2.24) is 0 Å². The SMILES string of the molecule is CC1=NOC2CC=C(Cl)C=C12. The van der Waals surface area contributed by atoms with E-state index >= 15 is 0 Å². The van der Waals surface area contributed by atoms with Crippen LogP contribution in [0.3, 0.4) is 0 Å². The summed E-state index contributed by atoms with van der Waals surface area (Å²) in [6.07, 6.45) is 4.83. The number of oxime groups is 1. The molecular formula is C8H8ClNO. The molecule has 0 aromatic heterocycles. The number of nitrogens with zero attached hydrogens (tertiary/aromatic N) is 1. The monoisotopic (exact) mass is 169 g/mol. The molecule has 0 aromatic rings. The van der Waals surface area contributed by atoms with Crippen molar-refractivity contribution < 1.29 is 4.84 Å². The predicted octanol–water partition coefficient (Wildman–Crippen LogP) is 2.21. The zero-order chi connectivity index (χ0) is 7.84. The van der Waals surface area contributed by atoms with Crippen LogP contribution in [0.25, 0.3) is 0 Å². The van der Waals surface area contributed by atoms with Crippen molar-refractivity contribution in [3.63, 3.8) is 0 Å². The van der Waals surface area contributed by atoms with Gasteiger partial charge < -0.3 is 4.84 Å². The molecule has 0 N–H and O–H groups in total. The first-order chi connectivity index (χ1) is 5.27. The van der Waals surface area contributed by atoms with Gasteiger partial charge in [0.25, 0.3) is 0 Å². The van der Waals surface area contributed by atoms with E-state index in [9.17, 15) is 0 Å². The van der Waals surface area contributed by atoms with Crippen LogP contribution < -0.4 is 0 Å². The Hall–Kier alpha value is -0.760. The minimum absolute atomic E-state index is 0.123. The van der Waals surface area contributed by atoms with Crippen molar-refractivity contribution in [3.8, 4) is 0 Å². The molecule has 0 saturated carbocycles. The number of allylic oxidation sites excluding steroid dienone is 2. The molecule has 1 unspecified atom stereocenters. The topological polar surface area (TPSA) is 21.6 Å². The van der Waals surface area contributed by atoms with E-state index in [1.807, 2.05) is 19.1 Å². The highest BCUT2D eigenvalue weighted by Gasteiger charge is 2.26. The molecule has 1 aliphatic carbocycles. The summed E-state index contributed by atoms with van der Waals surface area (Å²) < 4.78 is 0. The minimum Gasteiger partial charge on any atom is -0.387 e. The molecule has 11 heavy (non-hydrogen) atoms. The average Bonchev–Trinajstić information content (AvgIpc) is 2.33. The maximum atomic E-state index is 5.82. The fraction of sp³-hybridized carbons (Fsp3) is 0.375. The molecule has 1 heterocycles. The lowest BCUT2D eigenvalue weighted by Gasteiger charge is -2.11. The van der Waals surface area contributed by atoms with Gasteiger partial charge in [-0.15, -0.1) is 0 Å². The summed E-state index contributed by atoms with van der Waals surface area (Å²) >= 11 is 5.82. The normalized spacial score (nSPS) is 28.2. The summed E-state index contributed by atoms with van der Waals surface area (Å²) in [6, 6.07) is 0. The maximum absolute atomic E-state index is 5.82. The summed E-state index contributed by atoms with van der Waals surface area (Å²) in [5.41, 5.74) is 2.07. The lowest BCUT2D eigenvalue weighted by molar-refractivity contribution is 0.106. The molecule has 0 aromatic carbocycles. The van der Waals surface area contributed by atoms with E-state index in [2.05, 4.69) is 5.16 Å². The molecule has 2 rings (SSSR count). The predicted molar refractivity (Wildman–Crippen MR) is 44.6 cm³/mol. The Balaban J connectivity index is 2.35. The number of hydrogen-bond acceptors (Lipinski definition) is 2. The Morgan fingerprint density at radius 1 is 1.73 bits per heavy atom. The van der Waals surface area contributed by atoms with Crippen LogP contribution >= 0.6 is 11.6 Å². The summed E-state index contributed by atoms with van der Waals surface area (Å²) in [5, 5.41) is 4.66. The van der Waals surface area contributed by atoms with Gasteiger partial charge in [0.2, 0.25) is 0 Å². The molecule has 0 spiro atoms. The van der Waals surface area contributed by atoms with Gasteiger partial charge in [0.1, 0.15) is 0 Å². The molecule has 1 aliphatic heterocycles. The minimum atomic E-state index is 0.123. The van der Waals surface area contributed by atoms with E-state index in [1.165, 1.54) is 0 Å². The fourth-order valence-corrected chi connectivity index (χ4v) is 1.49. The van der Waals surface area contributed by atoms with Crippen molar-refractivity contribution in [1.29, 1.82) is 0 Å². The van der Waals surface area contributed by atoms with Crippen LogP contribution in [0.5, 0.6) is 0 Å². The third-order valence-corrected chi connectivity index (χ3v) is 2.17. The van der Waals surface area contributed by atoms with Gasteiger partial charge >= 0.3 is 0 Å². The van der Waals surface area contributed by atoms with Crippen molar-refractivity contribution in [2.75, 3.05) is 0 Å². The van der Waals surface area contributed by atoms with Crippen LogP contribution in [0.15, 0.2) is 27.9 Å². The van der Waals surface area contributed by atoms with E-state index in [0.29, 0.717) is 0 Å². The molecular weight excluding hydrogens is 162 g/mol. The highest BCUT2D eigenvalue weighted by Crippen LogP contribution is 2.27. The second-order valence-corrected chi connectivity index (χ2v) is 3.13. The number of halogens is 1. The molecule has 0 radical (unpaired) electrons. The summed E-state index contributed by atoms with van der Waals surface area (Å²) in [6.45, 7) is 1.93. The first-order valence-corrected chi connectivity index (χ1v) is 3.93. The van der Waals surface area contributed by atoms with E-state index in [-0.39, 0.29) is 6.10 Å². The Morgan fingerprint density at radius 2 is 2.55 bits per heavy atom. The largest absolute Gasteiger partial charge is 0.387 e. The highest BCUT2D eigenvalue weighted by atomic mass is 35.5. The van der Waals surface area contributed by atoms with E-state index < -0.39 is 0 Å². The van der Waals surface area contributed by atoms with Gasteiger partial charge in [0, 0.05) is 17.0 Å². The molecule has 3 heteroatoms. The van der Waals surface area contributed by atoms with Crippen LogP contribution in [-0.2, 0) is 4.84 Å². The van der Waals surface area contributed by atoms with Crippen molar-refractivity contribution >= 4 is 17.3 Å². The molecule has 2 nitrogen and oxygen atoms in total. The van der Waals surface area contributed by atoms with Crippen LogP contribution in [-0.4, -0.2) is 11.8 Å². The van der Waals surface area contributed by atoms with Gasteiger partial charge in [0.15, 0.2) is 6.10 Å². The standard InChI is InChI=1S/C8H8ClNO/c1-5-7-4-6(9)2-3-8(7)11-10-5/h2,4,8H,3H2,1H3. The number of fused-ring (bicyclic) bond motifs is 1. The van der Waals surface area contributed by atoms with Crippen LogP contribution in [0.1, 0.15) is 13.3 Å². The highest BCUT2D eigenvalue weighted by molar-refractivity contribution is 6.31. The molecule has 0 fully saturated rings.